The van der Waals surface area contributed by atoms with E-state index in [-0.39, 0.29) is 17.9 Å². The second kappa shape index (κ2) is 5.98. The molecule has 0 bridgehead atoms. The number of hydrogen-bond acceptors (Lipinski definition) is 5. The summed E-state index contributed by atoms with van der Waals surface area (Å²) in [5.41, 5.74) is 0. The van der Waals surface area contributed by atoms with Crippen LogP contribution in [0.1, 0.15) is 31.0 Å². The third-order valence-corrected chi connectivity index (χ3v) is 4.49. The molecule has 3 heterocycles. The zero-order valence-corrected chi connectivity index (χ0v) is 12.8. The normalized spacial score (nSPS) is 21.2. The van der Waals surface area contributed by atoms with Gasteiger partial charge in [-0.1, -0.05) is 24.6 Å². The number of carbonyl (C=O) groups excluding carboxylic acids is 1. The quantitative estimate of drug-likeness (QED) is 0.852. The van der Waals surface area contributed by atoms with Gasteiger partial charge in [-0.15, -0.1) is 5.10 Å². The lowest BCUT2D eigenvalue weighted by molar-refractivity contribution is -0.142. The Morgan fingerprint density at radius 3 is 2.83 bits per heavy atom. The van der Waals surface area contributed by atoms with Gasteiger partial charge in [0.05, 0.1) is 19.0 Å². The van der Waals surface area contributed by atoms with Gasteiger partial charge in [-0.05, 0) is 35.4 Å². The van der Waals surface area contributed by atoms with Crippen molar-refractivity contribution in [1.29, 1.82) is 0 Å². The van der Waals surface area contributed by atoms with Crippen LogP contribution in [0.2, 0.25) is 0 Å². The second-order valence-corrected chi connectivity index (χ2v) is 6.10. The number of para-hydroxylation sites is 1. The fourth-order valence-corrected chi connectivity index (χ4v) is 3.20. The number of carbonyl (C=O) groups is 1. The fourth-order valence-electron chi connectivity index (χ4n) is 3.20. The van der Waals surface area contributed by atoms with Crippen molar-refractivity contribution >= 4 is 5.91 Å². The Balaban J connectivity index is 1.38. The van der Waals surface area contributed by atoms with Gasteiger partial charge in [-0.25, -0.2) is 4.68 Å². The Labute approximate surface area is 134 Å². The lowest BCUT2D eigenvalue weighted by Crippen LogP contribution is -2.57. The van der Waals surface area contributed by atoms with E-state index in [0.29, 0.717) is 18.9 Å². The Hall–Kier alpha value is -2.44. The standard InChI is InChI=1S/C16H19N5O2/c22-16(14-8-4-5-9-21-15(14)17-18-19-21)20-10-13(11-20)23-12-6-2-1-3-7-12/h1-3,6-7,13-14H,4-5,8-11H2. The van der Waals surface area contributed by atoms with Crippen LogP contribution >= 0.6 is 0 Å². The van der Waals surface area contributed by atoms with Gasteiger partial charge >= 0.3 is 0 Å². The molecule has 23 heavy (non-hydrogen) atoms. The van der Waals surface area contributed by atoms with E-state index in [9.17, 15) is 4.79 Å². The largest absolute Gasteiger partial charge is 0.487 e. The topological polar surface area (TPSA) is 73.1 Å². The first-order chi connectivity index (χ1) is 11.3. The highest BCUT2D eigenvalue weighted by Crippen LogP contribution is 2.28. The van der Waals surface area contributed by atoms with Gasteiger partial charge in [0.1, 0.15) is 11.9 Å². The molecule has 1 saturated heterocycles. The Morgan fingerprint density at radius 2 is 2.00 bits per heavy atom. The van der Waals surface area contributed by atoms with Crippen LogP contribution in [-0.4, -0.2) is 50.2 Å². The molecule has 1 aromatic heterocycles. The van der Waals surface area contributed by atoms with E-state index in [4.69, 9.17) is 4.74 Å². The minimum absolute atomic E-state index is 0.0723. The first-order valence-corrected chi connectivity index (χ1v) is 8.08. The highest BCUT2D eigenvalue weighted by atomic mass is 16.5. The SMILES string of the molecule is O=C(C1CCCCn2nnnc21)N1CC(Oc2ccccc2)C1. The number of likely N-dealkylation sites (tertiary alicyclic amines) is 1. The van der Waals surface area contributed by atoms with Gasteiger partial charge in [0.2, 0.25) is 5.91 Å². The number of aromatic nitrogens is 4. The highest BCUT2D eigenvalue weighted by Gasteiger charge is 2.38. The first-order valence-electron chi connectivity index (χ1n) is 8.08. The number of benzene rings is 1. The van der Waals surface area contributed by atoms with Crippen LogP contribution in [0, 0.1) is 0 Å². The number of rotatable bonds is 3. The average molecular weight is 313 g/mol. The third-order valence-electron chi connectivity index (χ3n) is 4.49. The number of tetrazole rings is 1. The van der Waals surface area contributed by atoms with Crippen molar-refractivity contribution in [2.45, 2.75) is 37.8 Å². The van der Waals surface area contributed by atoms with Crippen molar-refractivity contribution in [3.63, 3.8) is 0 Å². The molecule has 4 rings (SSSR count). The van der Waals surface area contributed by atoms with Gasteiger partial charge in [0.25, 0.3) is 0 Å². The molecule has 7 heteroatoms. The summed E-state index contributed by atoms with van der Waals surface area (Å²) in [6, 6.07) is 9.72. The Kier molecular flexibility index (Phi) is 3.69. The molecule has 2 aliphatic heterocycles. The van der Waals surface area contributed by atoms with Crippen molar-refractivity contribution in [3.8, 4) is 5.75 Å². The minimum Gasteiger partial charge on any atom is -0.487 e. The van der Waals surface area contributed by atoms with Crippen LogP contribution in [0.3, 0.4) is 0 Å². The Bertz CT molecular complexity index is 681. The van der Waals surface area contributed by atoms with Gasteiger partial charge in [0, 0.05) is 6.54 Å². The molecule has 2 aromatic rings. The van der Waals surface area contributed by atoms with Gasteiger partial charge in [-0.3, -0.25) is 4.79 Å². The maximum absolute atomic E-state index is 12.8. The molecule has 0 aliphatic carbocycles. The molecule has 1 fully saturated rings. The summed E-state index contributed by atoms with van der Waals surface area (Å²) in [5.74, 6) is 1.46. The molecular formula is C16H19N5O2. The summed E-state index contributed by atoms with van der Waals surface area (Å²) >= 11 is 0. The van der Waals surface area contributed by atoms with E-state index < -0.39 is 0 Å². The minimum atomic E-state index is -0.217. The molecular weight excluding hydrogens is 294 g/mol. The van der Waals surface area contributed by atoms with Gasteiger partial charge in [-0.2, -0.15) is 0 Å². The van der Waals surface area contributed by atoms with Crippen LogP contribution in [-0.2, 0) is 11.3 Å². The van der Waals surface area contributed by atoms with Crippen molar-refractivity contribution in [2.75, 3.05) is 13.1 Å². The number of fused-ring (bicyclic) bond motifs is 1. The molecule has 1 amide bonds. The predicted molar refractivity (Wildman–Crippen MR) is 81.8 cm³/mol. The summed E-state index contributed by atoms with van der Waals surface area (Å²) < 4.78 is 7.63. The van der Waals surface area contributed by atoms with E-state index in [1.807, 2.05) is 35.2 Å². The molecule has 7 nitrogen and oxygen atoms in total. The molecule has 0 saturated carbocycles. The number of hydrogen-bond donors (Lipinski definition) is 0. The molecule has 1 unspecified atom stereocenters. The third kappa shape index (κ3) is 2.78. The number of nitrogens with zero attached hydrogens (tertiary/aromatic N) is 5. The van der Waals surface area contributed by atoms with Crippen molar-refractivity contribution in [3.05, 3.63) is 36.2 Å². The maximum Gasteiger partial charge on any atom is 0.233 e. The van der Waals surface area contributed by atoms with Crippen LogP contribution in [0.25, 0.3) is 0 Å². The Morgan fingerprint density at radius 1 is 1.17 bits per heavy atom. The predicted octanol–water partition coefficient (Wildman–Crippen LogP) is 1.23. The summed E-state index contributed by atoms with van der Waals surface area (Å²) in [7, 11) is 0. The average Bonchev–Trinajstić information content (AvgIpc) is 2.90. The zero-order chi connectivity index (χ0) is 15.6. The number of aryl methyl sites for hydroxylation is 1. The lowest BCUT2D eigenvalue weighted by Gasteiger charge is -2.40. The van der Waals surface area contributed by atoms with E-state index in [0.717, 1.165) is 31.6 Å². The molecule has 0 N–H and O–H groups in total. The monoisotopic (exact) mass is 313 g/mol. The summed E-state index contributed by atoms with van der Waals surface area (Å²) in [4.78, 5) is 14.6. The molecule has 0 spiro atoms. The molecule has 1 atom stereocenters. The van der Waals surface area contributed by atoms with Crippen molar-refractivity contribution < 1.29 is 9.53 Å². The smallest absolute Gasteiger partial charge is 0.233 e. The van der Waals surface area contributed by atoms with Crippen LogP contribution < -0.4 is 4.74 Å². The fraction of sp³-hybridized carbons (Fsp3) is 0.500. The van der Waals surface area contributed by atoms with E-state index in [2.05, 4.69) is 15.5 Å². The maximum atomic E-state index is 12.8. The number of amides is 1. The van der Waals surface area contributed by atoms with Crippen LogP contribution in [0.4, 0.5) is 0 Å². The molecule has 2 aliphatic rings. The van der Waals surface area contributed by atoms with Gasteiger partial charge < -0.3 is 9.64 Å². The van der Waals surface area contributed by atoms with E-state index >= 15 is 0 Å². The van der Waals surface area contributed by atoms with E-state index in [1.54, 1.807) is 4.68 Å². The second-order valence-electron chi connectivity index (χ2n) is 6.10. The van der Waals surface area contributed by atoms with Gasteiger partial charge in [0.15, 0.2) is 5.82 Å². The first kappa shape index (κ1) is 14.2. The van der Waals surface area contributed by atoms with Crippen LogP contribution in [0.15, 0.2) is 30.3 Å². The van der Waals surface area contributed by atoms with E-state index in [1.165, 1.54) is 0 Å². The lowest BCUT2D eigenvalue weighted by atomic mass is 9.98. The van der Waals surface area contributed by atoms with Crippen molar-refractivity contribution in [2.24, 2.45) is 0 Å². The van der Waals surface area contributed by atoms with Crippen molar-refractivity contribution in [1.82, 2.24) is 25.1 Å². The molecule has 120 valence electrons. The summed E-state index contributed by atoms with van der Waals surface area (Å²) in [6.07, 6.45) is 2.92. The highest BCUT2D eigenvalue weighted by molar-refractivity contribution is 5.83. The van der Waals surface area contributed by atoms with Crippen LogP contribution in [0.5, 0.6) is 5.75 Å². The summed E-state index contributed by atoms with van der Waals surface area (Å²) in [6.45, 7) is 2.06. The molecule has 0 radical (unpaired) electrons. The zero-order valence-electron chi connectivity index (χ0n) is 12.8. The molecule has 1 aromatic carbocycles. The number of ether oxygens (including phenoxy) is 1. The summed E-state index contributed by atoms with van der Waals surface area (Å²) in [5, 5.41) is 11.8.